The fourth-order valence-corrected chi connectivity index (χ4v) is 8.74. The van der Waals surface area contributed by atoms with Gasteiger partial charge in [-0.1, -0.05) is 96.8 Å². The first-order valence-electron chi connectivity index (χ1n) is 21.3. The number of halogens is 1. The first-order chi connectivity index (χ1) is 30.3. The highest BCUT2D eigenvalue weighted by Crippen LogP contribution is 2.35. The van der Waals surface area contributed by atoms with Gasteiger partial charge in [-0.15, -0.1) is 0 Å². The molecule has 5 atom stereocenters. The van der Waals surface area contributed by atoms with Gasteiger partial charge in [-0.25, -0.2) is 19.2 Å². The normalized spacial score (nSPS) is 19.5. The molecule has 2 aromatic heterocycles. The maximum absolute atomic E-state index is 14.2. The largest absolute Gasteiger partial charge is 0.340 e. The third-order valence-electron chi connectivity index (χ3n) is 12.1. The molecule has 0 bridgehead atoms. The number of carbonyl (C=O) groups is 3. The zero-order valence-electron chi connectivity index (χ0n) is 34.2. The molecule has 9 rings (SSSR count). The summed E-state index contributed by atoms with van der Waals surface area (Å²) in [6.07, 6.45) is 6.08. The molecule has 0 unspecified atom stereocenters. The number of carbonyl (C=O) groups excluding carboxylic acids is 3. The van der Waals surface area contributed by atoms with Gasteiger partial charge in [0.1, 0.15) is 29.9 Å². The number of likely N-dealkylation sites (tertiary alicyclic amines) is 3. The van der Waals surface area contributed by atoms with Crippen LogP contribution in [-0.2, 0) is 9.59 Å². The number of amides is 4. The highest BCUT2D eigenvalue weighted by atomic mass is 19.1. The summed E-state index contributed by atoms with van der Waals surface area (Å²) >= 11 is 0. The highest BCUT2D eigenvalue weighted by Gasteiger charge is 2.38. The van der Waals surface area contributed by atoms with Gasteiger partial charge in [-0.3, -0.25) is 9.59 Å². The zero-order chi connectivity index (χ0) is 42.6. The molecule has 5 N–H and O–H groups in total. The minimum atomic E-state index is -1.05. The third kappa shape index (κ3) is 8.60. The van der Waals surface area contributed by atoms with E-state index in [1.54, 1.807) is 11.1 Å². The Morgan fingerprint density at radius 1 is 0.661 bits per heavy atom. The van der Waals surface area contributed by atoms with E-state index in [9.17, 15) is 18.8 Å². The van der Waals surface area contributed by atoms with Crippen LogP contribution in [0.2, 0.25) is 0 Å². The number of hydrogen-bond acceptors (Lipinski definition) is 6. The van der Waals surface area contributed by atoms with Crippen molar-refractivity contribution in [2.75, 3.05) is 26.2 Å². The van der Waals surface area contributed by atoms with Crippen molar-refractivity contribution in [1.29, 1.82) is 0 Å². The fourth-order valence-electron chi connectivity index (χ4n) is 8.74. The van der Waals surface area contributed by atoms with Crippen LogP contribution in [-0.4, -0.2) is 84.8 Å². The monoisotopic (exact) mass is 829 g/mol. The van der Waals surface area contributed by atoms with E-state index in [1.165, 1.54) is 4.90 Å². The molecule has 5 heterocycles. The predicted molar refractivity (Wildman–Crippen MR) is 234 cm³/mol. The number of benzene rings is 4. The van der Waals surface area contributed by atoms with Crippen LogP contribution < -0.4 is 11.1 Å². The molecule has 13 heteroatoms. The molecule has 4 aromatic carbocycles. The van der Waals surface area contributed by atoms with Crippen LogP contribution in [0.4, 0.5) is 9.18 Å². The van der Waals surface area contributed by atoms with E-state index >= 15 is 0 Å². The number of nitrogens with zero attached hydrogens (tertiary/aromatic N) is 5. The summed E-state index contributed by atoms with van der Waals surface area (Å²) in [7, 11) is 0. The number of aromatic nitrogens is 4. The minimum absolute atomic E-state index is 0.0266. The van der Waals surface area contributed by atoms with Crippen LogP contribution in [0.25, 0.3) is 22.5 Å². The SMILES string of the molecule is N[C@@H](C(=O)N1CCC[C@H]1c1ncc(-c2ccc(C#Cc3ccc(-c4cnc([C@@H]5CCCN5C(=O)[C@H](NC(=O)N5CC[C@H](F)C5)c5ccccc5)[nH]4)cc3)cc2)[nH]1)c1ccccc1. The number of rotatable bonds is 9. The van der Waals surface area contributed by atoms with Gasteiger partial charge < -0.3 is 35.7 Å². The standard InChI is InChI=1S/C49H48FN9O3/c50-38-25-28-57(31-38)49(62)56-44(37-11-5-2-6-12-37)48(61)59-27-8-14-42(59)46-53-30-40(55-46)35-23-19-33(20-24-35)16-15-32-17-21-34(22-18-32)39-29-52-45(54-39)41-13-7-26-58(41)47(60)43(51)36-9-3-1-4-10-36/h1-6,9-12,17-24,29-30,38,41-44H,7-8,13-14,25-28,31,51H2,(H,52,54)(H,53,55)(H,56,62)/t38-,41-,42-,43+,44+/m0/s1. The summed E-state index contributed by atoms with van der Waals surface area (Å²) in [5.41, 5.74) is 13.2. The summed E-state index contributed by atoms with van der Waals surface area (Å²) < 4.78 is 13.9. The molecule has 0 saturated carbocycles. The lowest BCUT2D eigenvalue weighted by Gasteiger charge is -2.30. The Kier molecular flexibility index (Phi) is 11.7. The molecule has 3 aliphatic heterocycles. The zero-order valence-corrected chi connectivity index (χ0v) is 34.2. The second-order valence-corrected chi connectivity index (χ2v) is 16.2. The number of nitrogens with two attached hydrogens (primary N) is 1. The minimum Gasteiger partial charge on any atom is -0.340 e. The summed E-state index contributed by atoms with van der Waals surface area (Å²) in [4.78, 5) is 62.1. The van der Waals surface area contributed by atoms with Crippen molar-refractivity contribution >= 4 is 17.8 Å². The van der Waals surface area contributed by atoms with Gasteiger partial charge in [0, 0.05) is 30.8 Å². The van der Waals surface area contributed by atoms with Gasteiger partial charge in [-0.2, -0.15) is 0 Å². The van der Waals surface area contributed by atoms with E-state index in [-0.39, 0.29) is 30.4 Å². The molecule has 62 heavy (non-hydrogen) atoms. The van der Waals surface area contributed by atoms with Gasteiger partial charge >= 0.3 is 6.03 Å². The summed E-state index contributed by atoms with van der Waals surface area (Å²) in [5, 5.41) is 2.90. The topological polar surface area (TPSA) is 156 Å². The van der Waals surface area contributed by atoms with Gasteiger partial charge in [0.25, 0.3) is 0 Å². The number of nitrogens with one attached hydrogen (secondary N) is 3. The lowest BCUT2D eigenvalue weighted by atomic mass is 10.0. The Balaban J connectivity index is 0.828. The van der Waals surface area contributed by atoms with E-state index in [1.807, 2.05) is 120 Å². The molecule has 0 aliphatic carbocycles. The molecule has 0 radical (unpaired) electrons. The van der Waals surface area contributed by atoms with E-state index in [0.29, 0.717) is 37.4 Å². The third-order valence-corrected chi connectivity index (χ3v) is 12.1. The number of imidazole rings is 2. The van der Waals surface area contributed by atoms with Crippen molar-refractivity contribution in [2.45, 2.75) is 62.4 Å². The average molecular weight is 830 g/mol. The predicted octanol–water partition coefficient (Wildman–Crippen LogP) is 7.39. The molecular weight excluding hydrogens is 782 g/mol. The summed E-state index contributed by atoms with van der Waals surface area (Å²) in [5.74, 6) is 7.65. The average Bonchev–Trinajstić information content (AvgIpc) is 4.18. The fraction of sp³-hybridized carbons (Fsp3) is 0.286. The number of alkyl halides is 1. The first-order valence-corrected chi connectivity index (χ1v) is 21.3. The van der Waals surface area contributed by atoms with Crippen molar-refractivity contribution in [2.24, 2.45) is 5.73 Å². The van der Waals surface area contributed by atoms with E-state index in [2.05, 4.69) is 32.1 Å². The summed E-state index contributed by atoms with van der Waals surface area (Å²) in [6.45, 7) is 1.52. The molecule has 4 amide bonds. The van der Waals surface area contributed by atoms with E-state index in [4.69, 9.17) is 10.7 Å². The number of aromatic amines is 2. The Morgan fingerprint density at radius 3 is 1.66 bits per heavy atom. The van der Waals surface area contributed by atoms with E-state index < -0.39 is 24.3 Å². The maximum Gasteiger partial charge on any atom is 0.318 e. The Hall–Kier alpha value is -7.04. The lowest BCUT2D eigenvalue weighted by Crippen LogP contribution is -2.47. The van der Waals surface area contributed by atoms with Crippen LogP contribution in [0.5, 0.6) is 0 Å². The van der Waals surface area contributed by atoms with Crippen molar-refractivity contribution in [3.63, 3.8) is 0 Å². The highest BCUT2D eigenvalue weighted by molar-refractivity contribution is 5.89. The van der Waals surface area contributed by atoms with Gasteiger partial charge in [0.05, 0.1) is 42.4 Å². The Bertz CT molecular complexity index is 2580. The number of urea groups is 1. The molecular formula is C49H48FN9O3. The number of hydrogen-bond donors (Lipinski definition) is 4. The first kappa shape index (κ1) is 40.4. The molecule has 0 spiro atoms. The van der Waals surface area contributed by atoms with Crippen LogP contribution in [0.1, 0.15) is 90.2 Å². The molecule has 12 nitrogen and oxygen atoms in total. The van der Waals surface area contributed by atoms with Crippen molar-refractivity contribution < 1.29 is 18.8 Å². The molecule has 3 aliphatic rings. The van der Waals surface area contributed by atoms with Crippen LogP contribution in [0.15, 0.2) is 122 Å². The maximum atomic E-state index is 14.2. The Morgan fingerprint density at radius 2 is 1.16 bits per heavy atom. The van der Waals surface area contributed by atoms with Gasteiger partial charge in [0.2, 0.25) is 11.8 Å². The Labute approximate surface area is 359 Å². The summed E-state index contributed by atoms with van der Waals surface area (Å²) in [6, 6.07) is 32.1. The van der Waals surface area contributed by atoms with Crippen molar-refractivity contribution in [1.82, 2.24) is 40.0 Å². The van der Waals surface area contributed by atoms with E-state index in [0.717, 1.165) is 70.7 Å². The molecule has 314 valence electrons. The van der Waals surface area contributed by atoms with Gasteiger partial charge in [-0.05, 0) is 78.6 Å². The van der Waals surface area contributed by atoms with Crippen LogP contribution in [0, 0.1) is 11.8 Å². The van der Waals surface area contributed by atoms with Crippen LogP contribution in [0.3, 0.4) is 0 Å². The lowest BCUT2D eigenvalue weighted by molar-refractivity contribution is -0.135. The second kappa shape index (κ2) is 17.9. The van der Waals surface area contributed by atoms with Crippen molar-refractivity contribution in [3.05, 3.63) is 155 Å². The quantitative estimate of drug-likeness (QED) is 0.111. The van der Waals surface area contributed by atoms with Crippen molar-refractivity contribution in [3.8, 4) is 34.4 Å². The second-order valence-electron chi connectivity index (χ2n) is 16.2. The smallest absolute Gasteiger partial charge is 0.318 e. The number of H-pyrrole nitrogens is 2. The van der Waals surface area contributed by atoms with Crippen LogP contribution >= 0.6 is 0 Å². The molecule has 6 aromatic rings. The molecule has 3 fully saturated rings. The van der Waals surface area contributed by atoms with Gasteiger partial charge in [0.15, 0.2) is 0 Å². The molecule has 3 saturated heterocycles.